The van der Waals surface area contributed by atoms with E-state index in [1.165, 1.54) is 12.1 Å². The second kappa shape index (κ2) is 5.71. The molecular formula is C12H19FN2. The van der Waals surface area contributed by atoms with E-state index in [4.69, 9.17) is 5.73 Å². The number of hydrogen-bond acceptors (Lipinski definition) is 2. The maximum absolute atomic E-state index is 12.9. The van der Waals surface area contributed by atoms with Gasteiger partial charge < -0.3 is 11.1 Å². The maximum atomic E-state index is 12.9. The fourth-order valence-electron chi connectivity index (χ4n) is 1.60. The third-order valence-electron chi connectivity index (χ3n) is 2.24. The molecule has 1 rings (SSSR count). The largest absolute Gasteiger partial charge is 0.381 e. The van der Waals surface area contributed by atoms with Crippen molar-refractivity contribution >= 4 is 5.69 Å². The highest BCUT2D eigenvalue weighted by Crippen LogP contribution is 2.13. The lowest BCUT2D eigenvalue weighted by molar-refractivity contribution is 0.521. The Hall–Kier alpha value is -1.09. The third kappa shape index (κ3) is 4.30. The fraction of sp³-hybridized carbons (Fsp3) is 0.500. The van der Waals surface area contributed by atoms with Crippen LogP contribution >= 0.6 is 0 Å². The predicted molar refractivity (Wildman–Crippen MR) is 62.3 cm³/mol. The number of hydrogen-bond donors (Lipinski definition) is 2. The van der Waals surface area contributed by atoms with E-state index in [2.05, 4.69) is 19.2 Å². The van der Waals surface area contributed by atoms with Gasteiger partial charge in [0.05, 0.1) is 0 Å². The van der Waals surface area contributed by atoms with Gasteiger partial charge in [-0.15, -0.1) is 0 Å². The number of benzene rings is 1. The zero-order valence-corrected chi connectivity index (χ0v) is 9.33. The highest BCUT2D eigenvalue weighted by molar-refractivity contribution is 5.44. The van der Waals surface area contributed by atoms with Gasteiger partial charge in [0.25, 0.3) is 0 Å². The summed E-state index contributed by atoms with van der Waals surface area (Å²) >= 11 is 0. The normalized spacial score (nSPS) is 12.9. The highest BCUT2D eigenvalue weighted by Gasteiger charge is 2.08. The lowest BCUT2D eigenvalue weighted by Crippen LogP contribution is -2.30. The van der Waals surface area contributed by atoms with Crippen LogP contribution in [0.25, 0.3) is 0 Å². The Labute approximate surface area is 90.7 Å². The molecule has 0 saturated carbocycles. The molecular weight excluding hydrogens is 191 g/mol. The minimum absolute atomic E-state index is 0.215. The van der Waals surface area contributed by atoms with Gasteiger partial charge in [-0.2, -0.15) is 0 Å². The fourth-order valence-corrected chi connectivity index (χ4v) is 1.60. The van der Waals surface area contributed by atoms with E-state index in [1.807, 2.05) is 6.07 Å². The molecule has 1 atom stereocenters. The average molecular weight is 210 g/mol. The van der Waals surface area contributed by atoms with Gasteiger partial charge in [-0.3, -0.25) is 0 Å². The molecule has 1 aromatic rings. The van der Waals surface area contributed by atoms with Crippen LogP contribution in [0.3, 0.4) is 0 Å². The van der Waals surface area contributed by atoms with Crippen molar-refractivity contribution in [2.24, 2.45) is 11.7 Å². The van der Waals surface area contributed by atoms with Crippen molar-refractivity contribution in [3.8, 4) is 0 Å². The third-order valence-corrected chi connectivity index (χ3v) is 2.24. The van der Waals surface area contributed by atoms with Crippen molar-refractivity contribution < 1.29 is 4.39 Å². The molecule has 1 unspecified atom stereocenters. The minimum Gasteiger partial charge on any atom is -0.381 e. The maximum Gasteiger partial charge on any atom is 0.125 e. The monoisotopic (exact) mass is 210 g/mol. The van der Waals surface area contributed by atoms with Crippen LogP contribution in [0.2, 0.25) is 0 Å². The lowest BCUT2D eigenvalue weighted by atomic mass is 10.0. The first-order valence-corrected chi connectivity index (χ1v) is 5.34. The lowest BCUT2D eigenvalue weighted by Gasteiger charge is -2.19. The molecule has 0 amide bonds. The van der Waals surface area contributed by atoms with Crippen molar-refractivity contribution in [2.75, 3.05) is 11.9 Å². The summed E-state index contributed by atoms with van der Waals surface area (Å²) in [5.74, 6) is 0.361. The van der Waals surface area contributed by atoms with Crippen LogP contribution in [0.15, 0.2) is 24.3 Å². The molecule has 0 spiro atoms. The molecule has 0 radical (unpaired) electrons. The smallest absolute Gasteiger partial charge is 0.125 e. The highest BCUT2D eigenvalue weighted by atomic mass is 19.1. The Morgan fingerprint density at radius 3 is 2.67 bits per heavy atom. The summed E-state index contributed by atoms with van der Waals surface area (Å²) in [5.41, 5.74) is 6.45. The van der Waals surface area contributed by atoms with Gasteiger partial charge in [0.2, 0.25) is 0 Å². The molecule has 3 N–H and O–H groups in total. The van der Waals surface area contributed by atoms with Gasteiger partial charge in [0.15, 0.2) is 0 Å². The number of nitrogens with one attached hydrogen (secondary N) is 1. The molecule has 0 aliphatic rings. The van der Waals surface area contributed by atoms with E-state index >= 15 is 0 Å². The van der Waals surface area contributed by atoms with Crippen LogP contribution in [0.1, 0.15) is 20.3 Å². The second-order valence-electron chi connectivity index (χ2n) is 4.22. The second-order valence-corrected chi connectivity index (χ2v) is 4.22. The first-order valence-electron chi connectivity index (χ1n) is 5.34. The topological polar surface area (TPSA) is 38.0 Å². The molecule has 3 heteroatoms. The number of rotatable bonds is 5. The van der Waals surface area contributed by atoms with E-state index < -0.39 is 0 Å². The zero-order valence-electron chi connectivity index (χ0n) is 9.33. The van der Waals surface area contributed by atoms with Gasteiger partial charge in [0.1, 0.15) is 5.82 Å². The van der Waals surface area contributed by atoms with Crippen LogP contribution in [0, 0.1) is 11.7 Å². The van der Waals surface area contributed by atoms with E-state index in [0.29, 0.717) is 12.5 Å². The molecule has 0 aromatic heterocycles. The Balaban J connectivity index is 2.58. The quantitative estimate of drug-likeness (QED) is 0.784. The van der Waals surface area contributed by atoms with Crippen LogP contribution < -0.4 is 11.1 Å². The molecule has 0 saturated heterocycles. The van der Waals surface area contributed by atoms with Gasteiger partial charge in [-0.1, -0.05) is 19.9 Å². The first-order chi connectivity index (χ1) is 7.11. The Kier molecular flexibility index (Phi) is 4.56. The molecule has 0 heterocycles. The van der Waals surface area contributed by atoms with Crippen LogP contribution in [0.5, 0.6) is 0 Å². The molecule has 2 nitrogen and oxygen atoms in total. The van der Waals surface area contributed by atoms with E-state index in [9.17, 15) is 4.39 Å². The van der Waals surface area contributed by atoms with Crippen molar-refractivity contribution in [1.82, 2.24) is 0 Å². The van der Waals surface area contributed by atoms with E-state index in [-0.39, 0.29) is 11.9 Å². The summed E-state index contributed by atoms with van der Waals surface area (Å²) in [6, 6.07) is 6.69. The van der Waals surface area contributed by atoms with Crippen LogP contribution in [-0.2, 0) is 0 Å². The summed E-state index contributed by atoms with van der Waals surface area (Å²) in [4.78, 5) is 0. The van der Waals surface area contributed by atoms with Crippen molar-refractivity contribution in [2.45, 2.75) is 26.3 Å². The van der Waals surface area contributed by atoms with E-state index in [1.54, 1.807) is 6.07 Å². The number of nitrogens with two attached hydrogens (primary N) is 1. The standard InChI is InChI=1S/C12H19FN2/c1-9(2)6-12(8-14)15-11-5-3-4-10(13)7-11/h3-5,7,9,12,15H,6,8,14H2,1-2H3. The Bertz CT molecular complexity index is 299. The zero-order chi connectivity index (χ0) is 11.3. The molecule has 0 fully saturated rings. The summed E-state index contributed by atoms with van der Waals surface area (Å²) in [6.07, 6.45) is 0.993. The molecule has 84 valence electrons. The molecule has 0 aliphatic heterocycles. The predicted octanol–water partition coefficient (Wildman–Crippen LogP) is 2.61. The summed E-state index contributed by atoms with van der Waals surface area (Å²) < 4.78 is 12.9. The minimum atomic E-state index is -0.222. The van der Waals surface area contributed by atoms with Gasteiger partial charge in [-0.25, -0.2) is 4.39 Å². The van der Waals surface area contributed by atoms with Crippen molar-refractivity contribution in [1.29, 1.82) is 0 Å². The van der Waals surface area contributed by atoms with E-state index in [0.717, 1.165) is 12.1 Å². The Morgan fingerprint density at radius 1 is 1.40 bits per heavy atom. The SMILES string of the molecule is CC(C)CC(CN)Nc1cccc(F)c1. The van der Waals surface area contributed by atoms with Gasteiger partial charge in [0, 0.05) is 18.3 Å². The molecule has 15 heavy (non-hydrogen) atoms. The van der Waals surface area contributed by atoms with Crippen LogP contribution in [-0.4, -0.2) is 12.6 Å². The number of halogens is 1. The summed E-state index contributed by atoms with van der Waals surface area (Å²) in [6.45, 7) is 4.86. The summed E-state index contributed by atoms with van der Waals surface area (Å²) in [5, 5.41) is 3.24. The van der Waals surface area contributed by atoms with Crippen LogP contribution in [0.4, 0.5) is 10.1 Å². The number of anilines is 1. The molecule has 0 aliphatic carbocycles. The van der Waals surface area contributed by atoms with Crippen molar-refractivity contribution in [3.63, 3.8) is 0 Å². The summed E-state index contributed by atoms with van der Waals surface area (Å²) in [7, 11) is 0. The molecule has 1 aromatic carbocycles. The first kappa shape index (κ1) is 12.0. The van der Waals surface area contributed by atoms with Crippen molar-refractivity contribution in [3.05, 3.63) is 30.1 Å². The molecule has 0 bridgehead atoms. The average Bonchev–Trinajstić information content (AvgIpc) is 2.16. The van der Waals surface area contributed by atoms with Gasteiger partial charge in [-0.05, 0) is 30.5 Å². The Morgan fingerprint density at radius 2 is 2.13 bits per heavy atom. The van der Waals surface area contributed by atoms with Gasteiger partial charge >= 0.3 is 0 Å².